The maximum Gasteiger partial charge on any atom is 0.263 e. The number of hydrogen-bond donors (Lipinski definition) is 0. The molecule has 0 saturated carbocycles. The quantitative estimate of drug-likeness (QED) is 0.406. The van der Waals surface area contributed by atoms with Gasteiger partial charge in [0.25, 0.3) is 5.92 Å². The van der Waals surface area contributed by atoms with Gasteiger partial charge in [0.2, 0.25) is 0 Å². The van der Waals surface area contributed by atoms with Crippen LogP contribution in [0.4, 0.5) is 8.78 Å². The highest BCUT2D eigenvalue weighted by atomic mass is 19.3. The van der Waals surface area contributed by atoms with E-state index in [1.807, 2.05) is 11.8 Å². The van der Waals surface area contributed by atoms with Crippen molar-refractivity contribution in [1.82, 2.24) is 14.7 Å². The van der Waals surface area contributed by atoms with Crippen molar-refractivity contribution in [3.8, 4) is 0 Å². The van der Waals surface area contributed by atoms with Crippen LogP contribution in [0.5, 0.6) is 0 Å². The van der Waals surface area contributed by atoms with Gasteiger partial charge in [0.15, 0.2) is 0 Å². The Bertz CT molecular complexity index is 549. The van der Waals surface area contributed by atoms with E-state index in [-0.39, 0.29) is 18.2 Å². The van der Waals surface area contributed by atoms with E-state index in [0.717, 1.165) is 52.3 Å². The third-order valence-electron chi connectivity index (χ3n) is 7.35. The van der Waals surface area contributed by atoms with Crippen LogP contribution in [-0.4, -0.2) is 104 Å². The minimum Gasteiger partial charge on any atom is -0.380 e. The van der Waals surface area contributed by atoms with Crippen molar-refractivity contribution in [3.05, 3.63) is 0 Å². The number of nitrogens with zero attached hydrogens (tertiary/aromatic N) is 3. The summed E-state index contributed by atoms with van der Waals surface area (Å²) in [4.78, 5) is 6.83. The van der Waals surface area contributed by atoms with Crippen molar-refractivity contribution in [3.63, 3.8) is 0 Å². The van der Waals surface area contributed by atoms with Crippen LogP contribution >= 0.6 is 0 Å². The molecule has 0 aromatic heterocycles. The average molecular weight is 462 g/mol. The Labute approximate surface area is 195 Å². The van der Waals surface area contributed by atoms with Gasteiger partial charge in [-0.2, -0.15) is 0 Å². The van der Waals surface area contributed by atoms with Crippen molar-refractivity contribution in [2.75, 3.05) is 72.2 Å². The number of rotatable bonds is 12. The smallest absolute Gasteiger partial charge is 0.263 e. The van der Waals surface area contributed by atoms with Crippen LogP contribution in [0.2, 0.25) is 0 Å². The lowest BCUT2D eigenvalue weighted by atomic mass is 9.66. The van der Waals surface area contributed by atoms with Gasteiger partial charge in [-0.1, -0.05) is 13.8 Å². The Kier molecular flexibility index (Phi) is 10.4. The fraction of sp³-hybridized carbons (Fsp3) is 1.00. The van der Waals surface area contributed by atoms with Crippen molar-refractivity contribution in [2.24, 2.45) is 11.3 Å². The summed E-state index contributed by atoms with van der Waals surface area (Å²) in [5.41, 5.74) is -0.534. The molecule has 0 N–H and O–H groups in total. The van der Waals surface area contributed by atoms with E-state index in [9.17, 15) is 0 Å². The summed E-state index contributed by atoms with van der Waals surface area (Å²) in [5, 5.41) is 0. The number of alkyl halides is 2. The van der Waals surface area contributed by atoms with E-state index >= 15 is 8.78 Å². The summed E-state index contributed by atoms with van der Waals surface area (Å²) in [6.07, 6.45) is 1.59. The summed E-state index contributed by atoms with van der Waals surface area (Å²) in [6.45, 7) is 22.7. The molecule has 2 rings (SSSR count). The fourth-order valence-corrected chi connectivity index (χ4v) is 5.85. The molecule has 2 heterocycles. The molecule has 2 fully saturated rings. The van der Waals surface area contributed by atoms with Crippen LogP contribution in [0, 0.1) is 11.3 Å². The van der Waals surface area contributed by atoms with Gasteiger partial charge in [0.1, 0.15) is 0 Å². The minimum absolute atomic E-state index is 0.105. The molecular formula is C25H49F2N3O2. The molecule has 32 heavy (non-hydrogen) atoms. The molecule has 2 aliphatic rings. The third kappa shape index (κ3) is 8.15. The van der Waals surface area contributed by atoms with Gasteiger partial charge in [-0.15, -0.1) is 0 Å². The zero-order chi connectivity index (χ0) is 24.0. The second-order valence-corrected chi connectivity index (χ2v) is 11.3. The summed E-state index contributed by atoms with van der Waals surface area (Å²) >= 11 is 0. The molecule has 0 aromatic carbocycles. The van der Waals surface area contributed by atoms with E-state index in [2.05, 4.69) is 51.3 Å². The maximum atomic E-state index is 15.3. The molecule has 2 aliphatic heterocycles. The monoisotopic (exact) mass is 461 g/mol. The summed E-state index contributed by atoms with van der Waals surface area (Å²) < 4.78 is 41.6. The number of halogens is 2. The van der Waals surface area contributed by atoms with Crippen molar-refractivity contribution in [1.29, 1.82) is 0 Å². The Morgan fingerprint density at radius 2 is 1.56 bits per heavy atom. The molecule has 7 heteroatoms. The molecule has 0 spiro atoms. The maximum absolute atomic E-state index is 15.3. The lowest BCUT2D eigenvalue weighted by Crippen LogP contribution is -2.58. The number of piperidine rings is 1. The number of ether oxygens (including phenoxy) is 2. The second-order valence-electron chi connectivity index (χ2n) is 11.3. The van der Waals surface area contributed by atoms with Crippen LogP contribution in [0.3, 0.4) is 0 Å². The molecule has 2 saturated heterocycles. The first-order valence-electron chi connectivity index (χ1n) is 12.6. The summed E-state index contributed by atoms with van der Waals surface area (Å²) in [6, 6.07) is 0. The van der Waals surface area contributed by atoms with Gasteiger partial charge < -0.3 is 9.47 Å². The van der Waals surface area contributed by atoms with E-state index in [4.69, 9.17) is 9.47 Å². The Morgan fingerprint density at radius 1 is 0.938 bits per heavy atom. The molecule has 1 unspecified atom stereocenters. The van der Waals surface area contributed by atoms with Gasteiger partial charge in [-0.05, 0) is 59.4 Å². The standard InChI is InChI=1S/C25H49F2N3O2/c1-8-31-17-15-29-10-9-22(25(26,27)20-29)23(4,5)19-24(6,7)30-13-11-28(12-14-30)16-18-32-21(2)3/h21-22H,8-20H2,1-7H3. The highest BCUT2D eigenvalue weighted by Crippen LogP contribution is 2.48. The van der Waals surface area contributed by atoms with Gasteiger partial charge >= 0.3 is 0 Å². The molecule has 0 aliphatic carbocycles. The number of piperazine rings is 1. The normalized spacial score (nSPS) is 24.4. The van der Waals surface area contributed by atoms with Crippen LogP contribution in [0.25, 0.3) is 0 Å². The lowest BCUT2D eigenvalue weighted by molar-refractivity contribution is -0.156. The molecule has 0 radical (unpaired) electrons. The van der Waals surface area contributed by atoms with Gasteiger partial charge in [-0.3, -0.25) is 14.7 Å². The van der Waals surface area contributed by atoms with Crippen LogP contribution in [0.15, 0.2) is 0 Å². The molecule has 0 bridgehead atoms. The lowest BCUT2D eigenvalue weighted by Gasteiger charge is -2.51. The molecule has 190 valence electrons. The van der Waals surface area contributed by atoms with Gasteiger partial charge in [0.05, 0.1) is 25.9 Å². The average Bonchev–Trinajstić information content (AvgIpc) is 2.66. The summed E-state index contributed by atoms with van der Waals surface area (Å²) in [7, 11) is 0. The zero-order valence-electron chi connectivity index (χ0n) is 21.8. The number of hydrogen-bond acceptors (Lipinski definition) is 5. The molecule has 0 aromatic rings. The second kappa shape index (κ2) is 11.9. The first-order chi connectivity index (χ1) is 14.9. The summed E-state index contributed by atoms with van der Waals surface area (Å²) in [5.74, 6) is -3.26. The Hall–Kier alpha value is -0.340. The first kappa shape index (κ1) is 27.9. The van der Waals surface area contributed by atoms with Gasteiger partial charge in [0, 0.05) is 57.3 Å². The fourth-order valence-electron chi connectivity index (χ4n) is 5.85. The van der Waals surface area contributed by atoms with E-state index in [0.29, 0.717) is 26.2 Å². The Morgan fingerprint density at radius 3 is 2.12 bits per heavy atom. The predicted octanol–water partition coefficient (Wildman–Crippen LogP) is 4.22. The molecular weight excluding hydrogens is 412 g/mol. The topological polar surface area (TPSA) is 28.2 Å². The van der Waals surface area contributed by atoms with E-state index in [1.165, 1.54) is 0 Å². The third-order valence-corrected chi connectivity index (χ3v) is 7.35. The van der Waals surface area contributed by atoms with Crippen molar-refractivity contribution in [2.45, 2.75) is 78.9 Å². The van der Waals surface area contributed by atoms with Gasteiger partial charge in [-0.25, -0.2) is 8.78 Å². The van der Waals surface area contributed by atoms with Crippen LogP contribution < -0.4 is 0 Å². The largest absolute Gasteiger partial charge is 0.380 e. The zero-order valence-corrected chi connectivity index (χ0v) is 21.8. The minimum atomic E-state index is -2.67. The first-order valence-corrected chi connectivity index (χ1v) is 12.6. The molecule has 0 amide bonds. The van der Waals surface area contributed by atoms with Crippen LogP contribution in [-0.2, 0) is 9.47 Å². The SMILES string of the molecule is CCOCCN1CCC(C(C)(C)CC(C)(C)N2CCN(CCOC(C)C)CC2)C(F)(F)C1. The van der Waals surface area contributed by atoms with Crippen LogP contribution in [0.1, 0.15) is 61.3 Å². The van der Waals surface area contributed by atoms with E-state index < -0.39 is 17.3 Å². The van der Waals surface area contributed by atoms with Crippen molar-refractivity contribution < 1.29 is 18.3 Å². The van der Waals surface area contributed by atoms with Crippen molar-refractivity contribution >= 4 is 0 Å². The van der Waals surface area contributed by atoms with E-state index in [1.54, 1.807) is 0 Å². The predicted molar refractivity (Wildman–Crippen MR) is 128 cm³/mol. The Balaban J connectivity index is 1.88. The highest BCUT2D eigenvalue weighted by molar-refractivity contribution is 4.99. The number of likely N-dealkylation sites (tertiary alicyclic amines) is 1. The molecule has 5 nitrogen and oxygen atoms in total. The highest BCUT2D eigenvalue weighted by Gasteiger charge is 2.52. The molecule has 1 atom stereocenters.